The average molecular weight is 252 g/mol. The zero-order valence-corrected chi connectivity index (χ0v) is 10.7. The highest BCUT2D eigenvalue weighted by Crippen LogP contribution is 2.07. The molecule has 100 valence electrons. The number of nitrogens with zero attached hydrogens (tertiary/aromatic N) is 2. The van der Waals surface area contributed by atoms with Gasteiger partial charge in [0, 0.05) is 12.8 Å². The van der Waals surface area contributed by atoms with Crippen molar-refractivity contribution in [2.45, 2.75) is 51.4 Å². The Morgan fingerprint density at radius 2 is 1.17 bits per heavy atom. The van der Waals surface area contributed by atoms with Crippen LogP contribution in [0.4, 0.5) is 0 Å². The lowest BCUT2D eigenvalue weighted by molar-refractivity contribution is -0.119. The Morgan fingerprint density at radius 1 is 0.722 bits per heavy atom. The molecular weight excluding hydrogens is 232 g/mol. The number of carbonyl (C=O) groups excluding carboxylic acids is 3. The number of hydrogen-bond acceptors (Lipinski definition) is 5. The van der Waals surface area contributed by atoms with Gasteiger partial charge >= 0.3 is 0 Å². The molecule has 0 saturated carbocycles. The third-order valence-corrected chi connectivity index (χ3v) is 2.58. The summed E-state index contributed by atoms with van der Waals surface area (Å²) in [5.74, 6) is 0.285. The fraction of sp³-hybridized carbons (Fsp3) is 0.769. The summed E-state index contributed by atoms with van der Waals surface area (Å²) in [4.78, 5) is 37.9. The number of ketones is 1. The predicted octanol–water partition coefficient (Wildman–Crippen LogP) is 2.35. The third-order valence-electron chi connectivity index (χ3n) is 2.58. The third kappa shape index (κ3) is 12.5. The van der Waals surface area contributed by atoms with Crippen LogP contribution in [-0.4, -0.2) is 31.0 Å². The topological polar surface area (TPSA) is 75.9 Å². The van der Waals surface area contributed by atoms with E-state index in [2.05, 4.69) is 9.98 Å². The predicted molar refractivity (Wildman–Crippen MR) is 67.9 cm³/mol. The summed E-state index contributed by atoms with van der Waals surface area (Å²) >= 11 is 0. The van der Waals surface area contributed by atoms with E-state index in [0.717, 1.165) is 38.5 Å². The second-order valence-electron chi connectivity index (χ2n) is 4.11. The fourth-order valence-electron chi connectivity index (χ4n) is 1.60. The standard InChI is InChI=1S/C13H20N2O3/c16-11-14-9-5-1-3-7-13(18)8-4-2-6-10-15-12-17/h1-10H2. The van der Waals surface area contributed by atoms with Gasteiger partial charge in [0.05, 0.1) is 13.1 Å². The number of carbonyl (C=O) groups is 1. The number of unbranched alkanes of at least 4 members (excludes halogenated alkanes) is 4. The van der Waals surface area contributed by atoms with Crippen LogP contribution in [0.5, 0.6) is 0 Å². The van der Waals surface area contributed by atoms with Gasteiger partial charge in [0.1, 0.15) is 5.78 Å². The first-order valence-electron chi connectivity index (χ1n) is 6.40. The van der Waals surface area contributed by atoms with Crippen molar-refractivity contribution in [3.8, 4) is 0 Å². The molecule has 0 saturated heterocycles. The van der Waals surface area contributed by atoms with Gasteiger partial charge in [0.25, 0.3) is 0 Å². The van der Waals surface area contributed by atoms with Crippen LogP contribution in [0.25, 0.3) is 0 Å². The molecule has 0 aromatic heterocycles. The molecule has 0 amide bonds. The SMILES string of the molecule is O=C=NCCCCCC(=O)CCCCCN=C=O. The van der Waals surface area contributed by atoms with E-state index in [-0.39, 0.29) is 5.78 Å². The van der Waals surface area contributed by atoms with Gasteiger partial charge in [-0.25, -0.2) is 19.6 Å². The van der Waals surface area contributed by atoms with Crippen molar-refractivity contribution in [3.63, 3.8) is 0 Å². The second kappa shape index (κ2) is 13.5. The molecule has 0 aromatic rings. The Labute approximate surface area is 107 Å². The van der Waals surface area contributed by atoms with E-state index < -0.39 is 0 Å². The van der Waals surface area contributed by atoms with E-state index in [9.17, 15) is 14.4 Å². The lowest BCUT2D eigenvalue weighted by Crippen LogP contribution is -1.98. The first-order valence-corrected chi connectivity index (χ1v) is 6.40. The van der Waals surface area contributed by atoms with E-state index in [1.54, 1.807) is 0 Å². The van der Waals surface area contributed by atoms with E-state index in [1.807, 2.05) is 0 Å². The van der Waals surface area contributed by atoms with Crippen LogP contribution in [-0.2, 0) is 14.4 Å². The van der Waals surface area contributed by atoms with Gasteiger partial charge in [0.2, 0.25) is 12.2 Å². The zero-order valence-electron chi connectivity index (χ0n) is 10.7. The highest BCUT2D eigenvalue weighted by Gasteiger charge is 2.01. The van der Waals surface area contributed by atoms with Crippen LogP contribution >= 0.6 is 0 Å². The molecule has 0 unspecified atom stereocenters. The monoisotopic (exact) mass is 252 g/mol. The van der Waals surface area contributed by atoms with Crippen molar-refractivity contribution in [2.75, 3.05) is 13.1 Å². The molecule has 0 fully saturated rings. The number of isocyanates is 2. The Morgan fingerprint density at radius 3 is 1.56 bits per heavy atom. The first-order chi connectivity index (χ1) is 8.81. The molecule has 5 heteroatoms. The summed E-state index contributed by atoms with van der Waals surface area (Å²) in [6.07, 6.45) is 9.45. The van der Waals surface area contributed by atoms with Crippen LogP contribution in [0.1, 0.15) is 51.4 Å². The molecule has 0 bridgehead atoms. The zero-order chi connectivity index (χ0) is 13.5. The number of aliphatic imine (C=N–C) groups is 2. The Kier molecular flexibility index (Phi) is 12.3. The van der Waals surface area contributed by atoms with E-state index >= 15 is 0 Å². The Balaban J connectivity index is 3.26. The number of Topliss-reactive ketones (excluding diaryl/α,β-unsaturated/α-hetero) is 1. The van der Waals surface area contributed by atoms with Crippen molar-refractivity contribution < 1.29 is 14.4 Å². The van der Waals surface area contributed by atoms with Crippen molar-refractivity contribution in [2.24, 2.45) is 9.98 Å². The molecule has 0 atom stereocenters. The van der Waals surface area contributed by atoms with Crippen LogP contribution < -0.4 is 0 Å². The van der Waals surface area contributed by atoms with Gasteiger partial charge < -0.3 is 0 Å². The number of rotatable bonds is 12. The van der Waals surface area contributed by atoms with Crippen molar-refractivity contribution in [3.05, 3.63) is 0 Å². The molecule has 0 rings (SSSR count). The normalized spacial score (nSPS) is 9.33. The fourth-order valence-corrected chi connectivity index (χ4v) is 1.60. The summed E-state index contributed by atoms with van der Waals surface area (Å²) in [5, 5.41) is 0. The van der Waals surface area contributed by atoms with Crippen LogP contribution in [0.3, 0.4) is 0 Å². The van der Waals surface area contributed by atoms with Gasteiger partial charge in [0.15, 0.2) is 0 Å². The van der Waals surface area contributed by atoms with Gasteiger partial charge in [-0.1, -0.05) is 12.8 Å². The quantitative estimate of drug-likeness (QED) is 0.304. The van der Waals surface area contributed by atoms with E-state index in [4.69, 9.17) is 0 Å². The maximum absolute atomic E-state index is 11.4. The first kappa shape index (κ1) is 16.4. The largest absolute Gasteiger partial charge is 0.300 e. The second-order valence-corrected chi connectivity index (χ2v) is 4.11. The maximum Gasteiger partial charge on any atom is 0.234 e. The maximum atomic E-state index is 11.4. The van der Waals surface area contributed by atoms with Crippen molar-refractivity contribution >= 4 is 17.9 Å². The molecule has 0 radical (unpaired) electrons. The molecule has 0 aliphatic rings. The van der Waals surface area contributed by atoms with Crippen LogP contribution in [0.2, 0.25) is 0 Å². The minimum Gasteiger partial charge on any atom is -0.300 e. The Hall–Kier alpha value is -1.57. The summed E-state index contributed by atoms with van der Waals surface area (Å²) in [6.45, 7) is 1.02. The lowest BCUT2D eigenvalue weighted by atomic mass is 10.1. The molecule has 0 heterocycles. The van der Waals surface area contributed by atoms with Crippen molar-refractivity contribution in [1.29, 1.82) is 0 Å². The molecule has 0 aliphatic heterocycles. The molecule has 0 spiro atoms. The van der Waals surface area contributed by atoms with Gasteiger partial charge in [-0.3, -0.25) is 4.79 Å². The molecule has 0 N–H and O–H groups in total. The molecule has 18 heavy (non-hydrogen) atoms. The van der Waals surface area contributed by atoms with Crippen molar-refractivity contribution in [1.82, 2.24) is 0 Å². The lowest BCUT2D eigenvalue weighted by Gasteiger charge is -2.00. The van der Waals surface area contributed by atoms with Gasteiger partial charge in [-0.2, -0.15) is 0 Å². The van der Waals surface area contributed by atoms with Crippen LogP contribution in [0.15, 0.2) is 9.98 Å². The highest BCUT2D eigenvalue weighted by molar-refractivity contribution is 5.78. The highest BCUT2D eigenvalue weighted by atomic mass is 16.1. The van der Waals surface area contributed by atoms with E-state index in [0.29, 0.717) is 25.9 Å². The van der Waals surface area contributed by atoms with Gasteiger partial charge in [-0.15, -0.1) is 0 Å². The summed E-state index contributed by atoms with van der Waals surface area (Å²) in [7, 11) is 0. The Bertz CT molecular complexity index is 286. The summed E-state index contributed by atoms with van der Waals surface area (Å²) in [5.41, 5.74) is 0. The summed E-state index contributed by atoms with van der Waals surface area (Å²) in [6, 6.07) is 0. The molecule has 5 nitrogen and oxygen atoms in total. The minimum absolute atomic E-state index is 0.285. The smallest absolute Gasteiger partial charge is 0.234 e. The average Bonchev–Trinajstić information content (AvgIpc) is 2.38. The molecule has 0 aromatic carbocycles. The minimum atomic E-state index is 0.285. The summed E-state index contributed by atoms with van der Waals surface area (Å²) < 4.78 is 0. The van der Waals surface area contributed by atoms with Gasteiger partial charge in [-0.05, 0) is 25.7 Å². The van der Waals surface area contributed by atoms with Crippen LogP contribution in [0, 0.1) is 0 Å². The number of hydrogen-bond donors (Lipinski definition) is 0. The molecular formula is C13H20N2O3. The molecule has 0 aliphatic carbocycles. The van der Waals surface area contributed by atoms with E-state index in [1.165, 1.54) is 12.2 Å².